The molecule has 0 fully saturated rings. The molecule has 234 valence electrons. The molecule has 0 rings (SSSR count). The molecule has 1 amide bonds. The summed E-state index contributed by atoms with van der Waals surface area (Å²) in [6, 6.07) is -1.09. The van der Waals surface area contributed by atoms with Crippen LogP contribution >= 0.6 is 0 Å². The van der Waals surface area contributed by atoms with Crippen LogP contribution in [0.4, 0.5) is 0 Å². The molecule has 0 spiro atoms. The van der Waals surface area contributed by atoms with Crippen LogP contribution in [0.1, 0.15) is 46.0 Å². The molecule has 16 heteroatoms. The highest BCUT2D eigenvalue weighted by molar-refractivity contribution is 5.86. The number of amides is 1. The van der Waals surface area contributed by atoms with E-state index in [9.17, 15) is 28.8 Å². The van der Waals surface area contributed by atoms with Gasteiger partial charge in [0.2, 0.25) is 5.91 Å². The lowest BCUT2D eigenvalue weighted by atomic mass is 10.1. The number of carbonyl (C=O) groups is 7. The monoisotopic (exact) mass is 582 g/mol. The lowest BCUT2D eigenvalue weighted by Crippen LogP contribution is -2.50. The Bertz CT molecular complexity index is 702. The Morgan fingerprint density at radius 2 is 1.32 bits per heavy atom. The highest BCUT2D eigenvalue weighted by atomic mass is 16.4. The molecule has 16 nitrogen and oxygen atoms in total. The van der Waals surface area contributed by atoms with Crippen LogP contribution in [0.2, 0.25) is 0 Å². The minimum Gasteiger partial charge on any atom is -0.480 e. The number of carbonyl (C=O) groups excluding carboxylic acids is 3. The molecule has 0 aliphatic rings. The lowest BCUT2D eigenvalue weighted by molar-refractivity contribution is -0.143. The van der Waals surface area contributed by atoms with Crippen LogP contribution in [-0.2, 0) is 33.6 Å². The van der Waals surface area contributed by atoms with Gasteiger partial charge in [0.25, 0.3) is 0 Å². The average molecular weight is 583 g/mol. The first-order chi connectivity index (χ1) is 18.9. The van der Waals surface area contributed by atoms with Gasteiger partial charge in [-0.3, -0.25) is 33.8 Å². The molecule has 0 radical (unpaired) electrons. The van der Waals surface area contributed by atoms with Crippen LogP contribution in [0.5, 0.6) is 0 Å². The van der Waals surface area contributed by atoms with E-state index in [0.29, 0.717) is 12.7 Å². The summed E-state index contributed by atoms with van der Waals surface area (Å²) in [7, 11) is 2.98. The SMILES string of the molecule is CC=O.CCCCNC.CO.O=CCN(CC(=O)O)[C@@H](CCCCN(CC(=O)O)CC(=O)O)C(=O)NCC(=O)O. The Morgan fingerprint density at radius 3 is 1.68 bits per heavy atom. The minimum atomic E-state index is -1.30. The molecule has 0 bridgehead atoms. The number of aliphatic hydroxyl groups excluding tert-OH is 1. The molecule has 0 saturated carbocycles. The fourth-order valence-electron chi connectivity index (χ4n) is 2.95. The predicted octanol–water partition coefficient (Wildman–Crippen LogP) is -1.40. The van der Waals surface area contributed by atoms with Crippen LogP contribution < -0.4 is 10.6 Å². The summed E-state index contributed by atoms with van der Waals surface area (Å²) in [6.07, 6.45) is 4.39. The highest BCUT2D eigenvalue weighted by Gasteiger charge is 2.27. The number of aliphatic hydroxyl groups is 1. The second-order valence-electron chi connectivity index (χ2n) is 7.80. The summed E-state index contributed by atoms with van der Waals surface area (Å²) >= 11 is 0. The molecule has 40 heavy (non-hydrogen) atoms. The minimum absolute atomic E-state index is 0.0561. The Labute approximate surface area is 234 Å². The summed E-state index contributed by atoms with van der Waals surface area (Å²) in [6.45, 7) is 2.29. The van der Waals surface area contributed by atoms with Gasteiger partial charge in [0.15, 0.2) is 0 Å². The highest BCUT2D eigenvalue weighted by Crippen LogP contribution is 2.10. The summed E-state index contributed by atoms with van der Waals surface area (Å²) in [5.74, 6) is -5.73. The van der Waals surface area contributed by atoms with Gasteiger partial charge < -0.3 is 45.8 Å². The van der Waals surface area contributed by atoms with Crippen molar-refractivity contribution in [2.45, 2.75) is 52.0 Å². The molecule has 0 saturated heterocycles. The number of hydrogen-bond acceptors (Lipinski definition) is 11. The second-order valence-corrected chi connectivity index (χ2v) is 7.80. The number of carboxylic acids is 4. The molecule has 0 aromatic carbocycles. The van der Waals surface area contributed by atoms with Crippen LogP contribution in [0.3, 0.4) is 0 Å². The van der Waals surface area contributed by atoms with Crippen LogP contribution in [-0.4, -0.2) is 144 Å². The third kappa shape index (κ3) is 32.6. The Hall–Kier alpha value is -3.47. The molecule has 0 unspecified atom stereocenters. The molecule has 0 aromatic rings. The van der Waals surface area contributed by atoms with E-state index in [1.807, 2.05) is 7.05 Å². The first kappa shape index (κ1) is 43.6. The summed E-state index contributed by atoms with van der Waals surface area (Å²) < 4.78 is 0. The maximum atomic E-state index is 12.3. The van der Waals surface area contributed by atoms with E-state index in [1.54, 1.807) is 0 Å². The Kier molecular flexibility index (Phi) is 34.6. The van der Waals surface area contributed by atoms with Gasteiger partial charge in [-0.25, -0.2) is 0 Å². The molecule has 0 aliphatic heterocycles. The molecule has 0 aromatic heterocycles. The zero-order valence-electron chi connectivity index (χ0n) is 23.7. The van der Waals surface area contributed by atoms with Crippen LogP contribution in [0, 0.1) is 0 Å². The largest absolute Gasteiger partial charge is 0.480 e. The van der Waals surface area contributed by atoms with Gasteiger partial charge in [0, 0.05) is 7.11 Å². The Morgan fingerprint density at radius 1 is 0.825 bits per heavy atom. The van der Waals surface area contributed by atoms with Crippen molar-refractivity contribution in [3.05, 3.63) is 0 Å². The van der Waals surface area contributed by atoms with E-state index in [1.165, 1.54) is 24.7 Å². The first-order valence-electron chi connectivity index (χ1n) is 12.4. The zero-order valence-corrected chi connectivity index (χ0v) is 23.7. The fraction of sp³-hybridized carbons (Fsp3) is 0.708. The number of nitrogens with zero attached hydrogens (tertiary/aromatic N) is 2. The molecule has 1 atom stereocenters. The number of carboxylic acid groups (broad SMARTS) is 4. The van der Waals surface area contributed by atoms with Crippen LogP contribution in [0.15, 0.2) is 0 Å². The van der Waals surface area contributed by atoms with Gasteiger partial charge in [-0.15, -0.1) is 0 Å². The number of hydrogen-bond donors (Lipinski definition) is 7. The molecule has 0 heterocycles. The number of unbranched alkanes of at least 4 members (excludes halogenated alkanes) is 2. The van der Waals surface area contributed by atoms with Crippen LogP contribution in [0.25, 0.3) is 0 Å². The third-order valence-electron chi connectivity index (χ3n) is 4.50. The zero-order chi connectivity index (χ0) is 31.9. The summed E-state index contributed by atoms with van der Waals surface area (Å²) in [5, 5.41) is 47.5. The van der Waals surface area contributed by atoms with Crippen molar-refractivity contribution < 1.29 is 59.1 Å². The van der Waals surface area contributed by atoms with Gasteiger partial charge in [-0.05, 0) is 46.3 Å². The standard InChI is InChI=1S/C16H25N3O10.C5H13N.C2H4O.CH4O/c20-6-5-19(10-15(27)28)11(16(29)17-7-12(21)22)3-1-2-4-18(8-13(23)24)9-14(25)26;1-3-4-5-6-2;1-2-3;1-2/h6,11H,1-5,7-10H2,(H,17,29)(H,21,22)(H,23,24)(H,25,26)(H,27,28);6H,3-5H2,1-2H3;2H,1H3;2H,1H3/t11-;;;/m0.../s1. The number of aldehydes is 2. The van der Waals surface area contributed by atoms with Crippen molar-refractivity contribution >= 4 is 42.4 Å². The number of rotatable bonds is 20. The summed E-state index contributed by atoms with van der Waals surface area (Å²) in [4.78, 5) is 77.4. The van der Waals surface area contributed by atoms with Crippen molar-refractivity contribution in [3.63, 3.8) is 0 Å². The lowest BCUT2D eigenvalue weighted by Gasteiger charge is -2.28. The van der Waals surface area contributed by atoms with E-state index in [2.05, 4.69) is 17.6 Å². The van der Waals surface area contributed by atoms with Gasteiger partial charge in [0.05, 0.1) is 32.2 Å². The molecular formula is C24H46N4O12. The summed E-state index contributed by atoms with van der Waals surface area (Å²) in [5.41, 5.74) is 0. The number of nitrogens with one attached hydrogen (secondary N) is 2. The fourth-order valence-corrected chi connectivity index (χ4v) is 2.95. The topological polar surface area (TPSA) is 251 Å². The smallest absolute Gasteiger partial charge is 0.322 e. The van der Waals surface area contributed by atoms with Gasteiger partial charge >= 0.3 is 23.9 Å². The molecular weight excluding hydrogens is 536 g/mol. The molecule has 0 aliphatic carbocycles. The van der Waals surface area contributed by atoms with E-state index < -0.39 is 62.0 Å². The van der Waals surface area contributed by atoms with Gasteiger partial charge in [0.1, 0.15) is 19.1 Å². The van der Waals surface area contributed by atoms with Gasteiger partial charge in [-0.2, -0.15) is 0 Å². The second kappa shape index (κ2) is 31.7. The first-order valence-corrected chi connectivity index (χ1v) is 12.4. The van der Waals surface area contributed by atoms with Gasteiger partial charge in [-0.1, -0.05) is 19.8 Å². The predicted molar refractivity (Wildman–Crippen MR) is 144 cm³/mol. The van der Waals surface area contributed by atoms with E-state index in [0.717, 1.165) is 24.8 Å². The van der Waals surface area contributed by atoms with E-state index in [4.69, 9.17) is 30.3 Å². The van der Waals surface area contributed by atoms with Crippen molar-refractivity contribution in [1.82, 2.24) is 20.4 Å². The van der Waals surface area contributed by atoms with Crippen molar-refractivity contribution in [1.29, 1.82) is 0 Å². The third-order valence-corrected chi connectivity index (χ3v) is 4.50. The average Bonchev–Trinajstić information content (AvgIpc) is 2.87. The van der Waals surface area contributed by atoms with Crippen molar-refractivity contribution in [2.75, 3.05) is 60.0 Å². The van der Waals surface area contributed by atoms with Crippen molar-refractivity contribution in [2.24, 2.45) is 0 Å². The van der Waals surface area contributed by atoms with E-state index in [-0.39, 0.29) is 25.9 Å². The van der Waals surface area contributed by atoms with Crippen molar-refractivity contribution in [3.8, 4) is 0 Å². The maximum absolute atomic E-state index is 12.3. The van der Waals surface area contributed by atoms with E-state index >= 15 is 0 Å². The maximum Gasteiger partial charge on any atom is 0.322 e. The quantitative estimate of drug-likeness (QED) is 0.0644. The number of aliphatic carboxylic acids is 4. The normalized spacial score (nSPS) is 10.4. The Balaban J connectivity index is -0.000000499. The molecule has 7 N–H and O–H groups in total.